The number of nitrogens with zero attached hydrogens (tertiary/aromatic N) is 3. The van der Waals surface area contributed by atoms with E-state index in [2.05, 4.69) is 27.1 Å². The highest BCUT2D eigenvalue weighted by Crippen LogP contribution is 2.28. The Kier molecular flexibility index (Phi) is 4.88. The van der Waals surface area contributed by atoms with Crippen LogP contribution in [0.25, 0.3) is 10.8 Å². The zero-order chi connectivity index (χ0) is 18.8. The van der Waals surface area contributed by atoms with Gasteiger partial charge in [0.2, 0.25) is 0 Å². The molecule has 4 aromatic rings. The largest absolute Gasteiger partial charge is 0.273 e. The number of nitriles is 1. The molecular weight excluding hydrogens is 422 g/mol. The number of fused-ring (bicyclic) bond motifs is 1. The highest BCUT2D eigenvalue weighted by Gasteiger charge is 2.22. The van der Waals surface area contributed by atoms with Crippen LogP contribution in [0.2, 0.25) is 0 Å². The van der Waals surface area contributed by atoms with E-state index in [9.17, 15) is 10.1 Å². The van der Waals surface area contributed by atoms with E-state index >= 15 is 0 Å². The van der Waals surface area contributed by atoms with Crippen LogP contribution in [0, 0.1) is 11.3 Å². The Bertz CT molecular complexity index is 1200. The highest BCUT2D eigenvalue weighted by atomic mass is 79.9. The van der Waals surface area contributed by atoms with E-state index in [0.717, 1.165) is 21.9 Å². The zero-order valence-corrected chi connectivity index (χ0v) is 16.6. The van der Waals surface area contributed by atoms with Gasteiger partial charge < -0.3 is 0 Å². The highest BCUT2D eigenvalue weighted by molar-refractivity contribution is 9.10. The molecule has 6 heteroatoms. The molecule has 1 unspecified atom stereocenters. The predicted octanol–water partition coefficient (Wildman–Crippen LogP) is 4.92. The molecule has 0 amide bonds. The van der Waals surface area contributed by atoms with Gasteiger partial charge in [0.25, 0.3) is 5.56 Å². The van der Waals surface area contributed by atoms with Crippen LogP contribution in [0.3, 0.4) is 0 Å². The van der Waals surface area contributed by atoms with Crippen LogP contribution in [0.5, 0.6) is 0 Å². The van der Waals surface area contributed by atoms with E-state index < -0.39 is 5.92 Å². The topological polar surface area (TPSA) is 58.7 Å². The Hall–Kier alpha value is -2.75. The first kappa shape index (κ1) is 17.7. The Morgan fingerprint density at radius 2 is 2.00 bits per heavy atom. The molecule has 0 saturated carbocycles. The zero-order valence-electron chi connectivity index (χ0n) is 14.2. The lowest BCUT2D eigenvalue weighted by Crippen LogP contribution is -2.28. The lowest BCUT2D eigenvalue weighted by atomic mass is 9.96. The average molecular weight is 436 g/mol. The van der Waals surface area contributed by atoms with Crippen LogP contribution in [0.1, 0.15) is 22.6 Å². The van der Waals surface area contributed by atoms with Gasteiger partial charge in [0, 0.05) is 4.47 Å². The monoisotopic (exact) mass is 435 g/mol. The van der Waals surface area contributed by atoms with Crippen molar-refractivity contribution in [3.63, 3.8) is 0 Å². The Labute approximate surface area is 168 Å². The van der Waals surface area contributed by atoms with Gasteiger partial charge in [-0.1, -0.05) is 42.5 Å². The fourth-order valence-electron chi connectivity index (χ4n) is 3.19. The molecule has 0 radical (unpaired) electrons. The standard InChI is InChI=1S/C21H14BrN3OS/c22-19-11-24-25(12-15-6-3-5-14-4-1-2-7-17(14)15)21(26)20(19)18(10-23)16-8-9-27-13-16/h1-9,11,13,18H,12H2. The fourth-order valence-corrected chi connectivity index (χ4v) is 4.37. The maximum atomic E-state index is 13.1. The minimum atomic E-state index is -0.625. The van der Waals surface area contributed by atoms with Gasteiger partial charge in [0.05, 0.1) is 24.4 Å². The third kappa shape index (κ3) is 3.32. The first-order valence-corrected chi connectivity index (χ1v) is 10.1. The molecule has 2 heterocycles. The van der Waals surface area contributed by atoms with Gasteiger partial charge in [0.15, 0.2) is 0 Å². The number of halogens is 1. The van der Waals surface area contributed by atoms with Gasteiger partial charge in [-0.2, -0.15) is 21.7 Å². The molecular formula is C21H14BrN3OS. The van der Waals surface area contributed by atoms with E-state index in [1.807, 2.05) is 59.3 Å². The van der Waals surface area contributed by atoms with Crippen molar-refractivity contribution in [2.45, 2.75) is 12.5 Å². The molecule has 0 spiro atoms. The van der Waals surface area contributed by atoms with Crippen molar-refractivity contribution in [3.8, 4) is 6.07 Å². The van der Waals surface area contributed by atoms with E-state index in [1.165, 1.54) is 16.0 Å². The van der Waals surface area contributed by atoms with Crippen molar-refractivity contribution in [1.29, 1.82) is 5.26 Å². The number of benzene rings is 2. The van der Waals surface area contributed by atoms with Crippen LogP contribution in [-0.2, 0) is 6.54 Å². The molecule has 2 aromatic heterocycles. The third-order valence-corrected chi connectivity index (χ3v) is 5.86. The van der Waals surface area contributed by atoms with E-state index in [0.29, 0.717) is 16.6 Å². The van der Waals surface area contributed by atoms with Gasteiger partial charge in [-0.05, 0) is 54.7 Å². The molecule has 132 valence electrons. The maximum absolute atomic E-state index is 13.1. The average Bonchev–Trinajstić information content (AvgIpc) is 3.22. The molecule has 0 aliphatic carbocycles. The third-order valence-electron chi connectivity index (χ3n) is 4.53. The van der Waals surface area contributed by atoms with Crippen LogP contribution in [0.4, 0.5) is 0 Å². The minimum absolute atomic E-state index is 0.255. The molecule has 1 atom stereocenters. The van der Waals surface area contributed by atoms with Crippen molar-refractivity contribution in [2.75, 3.05) is 0 Å². The SMILES string of the molecule is N#CC(c1ccsc1)c1c(Br)cnn(Cc2cccc3ccccc23)c1=O. The lowest BCUT2D eigenvalue weighted by Gasteiger charge is -2.13. The summed E-state index contributed by atoms with van der Waals surface area (Å²) in [5.74, 6) is -0.625. The summed E-state index contributed by atoms with van der Waals surface area (Å²) in [6.45, 7) is 0.349. The molecule has 0 aliphatic heterocycles. The first-order chi connectivity index (χ1) is 13.2. The predicted molar refractivity (Wildman–Crippen MR) is 111 cm³/mol. The number of rotatable bonds is 4. The summed E-state index contributed by atoms with van der Waals surface area (Å²) in [5, 5.41) is 20.0. The molecule has 0 saturated heterocycles. The number of hydrogen-bond donors (Lipinski definition) is 0. The quantitative estimate of drug-likeness (QED) is 0.456. The van der Waals surface area contributed by atoms with Crippen molar-refractivity contribution < 1.29 is 0 Å². The summed E-state index contributed by atoms with van der Waals surface area (Å²) in [6, 6.07) is 18.2. The molecule has 4 nitrogen and oxygen atoms in total. The van der Waals surface area contributed by atoms with Gasteiger partial charge in [-0.25, -0.2) is 4.68 Å². The summed E-state index contributed by atoms with van der Waals surface area (Å²) in [5.41, 5.74) is 2.00. The Morgan fingerprint density at radius 3 is 2.78 bits per heavy atom. The molecule has 27 heavy (non-hydrogen) atoms. The van der Waals surface area contributed by atoms with E-state index in [4.69, 9.17) is 0 Å². The maximum Gasteiger partial charge on any atom is 0.273 e. The number of hydrogen-bond acceptors (Lipinski definition) is 4. The van der Waals surface area contributed by atoms with Gasteiger partial charge in [-0.15, -0.1) is 0 Å². The Morgan fingerprint density at radius 1 is 1.19 bits per heavy atom. The summed E-state index contributed by atoms with van der Waals surface area (Å²) < 4.78 is 1.98. The van der Waals surface area contributed by atoms with Crippen LogP contribution in [-0.4, -0.2) is 9.78 Å². The molecule has 0 aliphatic rings. The van der Waals surface area contributed by atoms with Crippen molar-refractivity contribution in [1.82, 2.24) is 9.78 Å². The summed E-state index contributed by atoms with van der Waals surface area (Å²) >= 11 is 4.92. The first-order valence-electron chi connectivity index (χ1n) is 8.33. The molecule has 0 fully saturated rings. The minimum Gasteiger partial charge on any atom is -0.267 e. The lowest BCUT2D eigenvalue weighted by molar-refractivity contribution is 0.628. The summed E-state index contributed by atoms with van der Waals surface area (Å²) in [6.07, 6.45) is 1.60. The summed E-state index contributed by atoms with van der Waals surface area (Å²) in [4.78, 5) is 13.1. The molecule has 2 aromatic carbocycles. The second kappa shape index (κ2) is 7.47. The molecule has 0 N–H and O–H groups in total. The van der Waals surface area contributed by atoms with Gasteiger partial charge in [0.1, 0.15) is 5.92 Å². The van der Waals surface area contributed by atoms with E-state index in [1.54, 1.807) is 6.20 Å². The van der Waals surface area contributed by atoms with Crippen molar-refractivity contribution >= 4 is 38.0 Å². The number of aromatic nitrogens is 2. The van der Waals surface area contributed by atoms with Crippen LogP contribution in [0.15, 0.2) is 74.8 Å². The smallest absolute Gasteiger partial charge is 0.267 e. The fraction of sp³-hybridized carbons (Fsp3) is 0.0952. The second-order valence-electron chi connectivity index (χ2n) is 6.13. The van der Waals surface area contributed by atoms with Gasteiger partial charge >= 0.3 is 0 Å². The van der Waals surface area contributed by atoms with Crippen LogP contribution < -0.4 is 5.56 Å². The normalized spacial score (nSPS) is 12.0. The van der Waals surface area contributed by atoms with E-state index in [-0.39, 0.29) is 5.56 Å². The molecule has 0 bridgehead atoms. The van der Waals surface area contributed by atoms with Crippen molar-refractivity contribution in [3.05, 3.63) is 97.0 Å². The second-order valence-corrected chi connectivity index (χ2v) is 7.76. The Balaban J connectivity index is 1.81. The number of thiophene rings is 1. The van der Waals surface area contributed by atoms with Crippen molar-refractivity contribution in [2.24, 2.45) is 0 Å². The summed E-state index contributed by atoms with van der Waals surface area (Å²) in [7, 11) is 0. The van der Waals surface area contributed by atoms with Crippen LogP contribution >= 0.6 is 27.3 Å². The molecule has 4 rings (SSSR count). The van der Waals surface area contributed by atoms with Gasteiger partial charge in [-0.3, -0.25) is 4.79 Å².